The molecule has 2 aromatic rings. The number of rotatable bonds is 2. The summed E-state index contributed by atoms with van der Waals surface area (Å²) in [5.41, 5.74) is 6.59. The van der Waals surface area contributed by atoms with Gasteiger partial charge in [-0.3, -0.25) is 0 Å². The van der Waals surface area contributed by atoms with Crippen LogP contribution in [0.1, 0.15) is 38.4 Å². The molecular formula is C15H17Cl2N3O. The summed E-state index contributed by atoms with van der Waals surface area (Å²) in [6, 6.07) is 5.15. The van der Waals surface area contributed by atoms with Crippen LogP contribution < -0.4 is 5.73 Å². The van der Waals surface area contributed by atoms with Crippen LogP contribution >= 0.6 is 23.2 Å². The van der Waals surface area contributed by atoms with E-state index < -0.39 is 5.54 Å². The predicted molar refractivity (Wildman–Crippen MR) is 83.3 cm³/mol. The number of nitrogens with two attached hydrogens (primary N) is 1. The van der Waals surface area contributed by atoms with E-state index in [1.807, 2.05) is 0 Å². The number of nitrogens with zero attached hydrogens (tertiary/aromatic N) is 2. The van der Waals surface area contributed by atoms with Gasteiger partial charge in [-0.25, -0.2) is 0 Å². The van der Waals surface area contributed by atoms with Crippen LogP contribution in [0.5, 0.6) is 0 Å². The largest absolute Gasteiger partial charge is 0.334 e. The van der Waals surface area contributed by atoms with Crippen LogP contribution in [0.4, 0.5) is 0 Å². The summed E-state index contributed by atoms with van der Waals surface area (Å²) in [5, 5.41) is 5.17. The molecule has 3 rings (SSSR count). The van der Waals surface area contributed by atoms with Gasteiger partial charge in [0.1, 0.15) is 0 Å². The molecule has 6 heteroatoms. The Bertz CT molecular complexity index is 648. The second kappa shape index (κ2) is 5.59. The highest BCUT2D eigenvalue weighted by Gasteiger charge is 2.36. The molecule has 0 unspecified atom stereocenters. The molecule has 0 radical (unpaired) electrons. The molecule has 0 atom stereocenters. The van der Waals surface area contributed by atoms with Crippen molar-refractivity contribution >= 4 is 23.2 Å². The Hall–Kier alpha value is -1.10. The summed E-state index contributed by atoms with van der Waals surface area (Å²) in [5.74, 6) is 1.62. The number of hydrogen-bond donors (Lipinski definition) is 1. The lowest BCUT2D eigenvalue weighted by atomic mass is 9.77. The molecule has 1 heterocycles. The normalized spacial score (nSPS) is 26.0. The Morgan fingerprint density at radius 1 is 1.29 bits per heavy atom. The molecule has 1 aromatic carbocycles. The maximum Gasteiger partial charge on any atom is 0.259 e. The average molecular weight is 326 g/mol. The van der Waals surface area contributed by atoms with Gasteiger partial charge in [0.25, 0.3) is 5.89 Å². The van der Waals surface area contributed by atoms with Gasteiger partial charge in [-0.1, -0.05) is 35.3 Å². The summed E-state index contributed by atoms with van der Waals surface area (Å²) in [7, 11) is 0. The number of hydrogen-bond acceptors (Lipinski definition) is 4. The molecule has 0 amide bonds. The van der Waals surface area contributed by atoms with Crippen LogP contribution in [0.15, 0.2) is 22.7 Å². The number of benzene rings is 1. The molecule has 1 aliphatic rings. The van der Waals surface area contributed by atoms with Crippen molar-refractivity contribution in [3.63, 3.8) is 0 Å². The van der Waals surface area contributed by atoms with E-state index in [0.29, 0.717) is 33.2 Å². The zero-order valence-corrected chi connectivity index (χ0v) is 13.3. The second-order valence-electron chi connectivity index (χ2n) is 5.89. The van der Waals surface area contributed by atoms with Crippen molar-refractivity contribution < 1.29 is 4.52 Å². The van der Waals surface area contributed by atoms with E-state index in [-0.39, 0.29) is 0 Å². The highest BCUT2D eigenvalue weighted by molar-refractivity contribution is 6.35. The molecule has 112 valence electrons. The van der Waals surface area contributed by atoms with Gasteiger partial charge in [-0.2, -0.15) is 4.98 Å². The van der Waals surface area contributed by atoms with E-state index in [4.69, 9.17) is 33.5 Å². The van der Waals surface area contributed by atoms with Gasteiger partial charge in [-0.15, -0.1) is 0 Å². The van der Waals surface area contributed by atoms with Crippen molar-refractivity contribution in [2.45, 2.75) is 38.1 Å². The van der Waals surface area contributed by atoms with Crippen molar-refractivity contribution in [2.24, 2.45) is 11.7 Å². The molecule has 1 saturated carbocycles. The van der Waals surface area contributed by atoms with Gasteiger partial charge in [0.2, 0.25) is 0 Å². The minimum Gasteiger partial charge on any atom is -0.334 e. The quantitative estimate of drug-likeness (QED) is 0.888. The fourth-order valence-corrected chi connectivity index (χ4v) is 3.07. The van der Waals surface area contributed by atoms with Crippen LogP contribution in [0.2, 0.25) is 10.0 Å². The summed E-state index contributed by atoms with van der Waals surface area (Å²) in [4.78, 5) is 4.46. The molecule has 21 heavy (non-hydrogen) atoms. The summed E-state index contributed by atoms with van der Waals surface area (Å²) < 4.78 is 5.35. The van der Waals surface area contributed by atoms with Crippen molar-refractivity contribution in [2.75, 3.05) is 0 Å². The second-order valence-corrected chi connectivity index (χ2v) is 6.73. The first-order valence-electron chi connectivity index (χ1n) is 7.06. The third kappa shape index (κ3) is 2.93. The molecule has 1 aliphatic carbocycles. The topological polar surface area (TPSA) is 64.9 Å². The fraction of sp³-hybridized carbons (Fsp3) is 0.467. The summed E-state index contributed by atoms with van der Waals surface area (Å²) in [6.45, 7) is 2.24. The molecule has 0 spiro atoms. The van der Waals surface area contributed by atoms with E-state index in [9.17, 15) is 0 Å². The summed E-state index contributed by atoms with van der Waals surface area (Å²) >= 11 is 12.2. The zero-order valence-electron chi connectivity index (χ0n) is 11.8. The van der Waals surface area contributed by atoms with Crippen LogP contribution in [0.3, 0.4) is 0 Å². The lowest BCUT2D eigenvalue weighted by Crippen LogP contribution is -2.41. The van der Waals surface area contributed by atoms with Crippen molar-refractivity contribution in [3.8, 4) is 11.5 Å². The molecule has 0 saturated heterocycles. The monoisotopic (exact) mass is 325 g/mol. The van der Waals surface area contributed by atoms with Crippen LogP contribution in [0, 0.1) is 5.92 Å². The lowest BCUT2D eigenvalue weighted by molar-refractivity contribution is 0.230. The molecule has 2 N–H and O–H groups in total. The lowest BCUT2D eigenvalue weighted by Gasteiger charge is -2.33. The van der Waals surface area contributed by atoms with Crippen molar-refractivity contribution in [1.82, 2.24) is 10.1 Å². The average Bonchev–Trinajstić information content (AvgIpc) is 2.95. The van der Waals surface area contributed by atoms with Gasteiger partial charge in [-0.05, 0) is 49.8 Å². The van der Waals surface area contributed by atoms with E-state index in [0.717, 1.165) is 25.7 Å². The molecule has 0 bridgehead atoms. The Kier molecular flexibility index (Phi) is 3.95. The van der Waals surface area contributed by atoms with Crippen molar-refractivity contribution in [3.05, 3.63) is 34.1 Å². The third-order valence-electron chi connectivity index (χ3n) is 4.20. The molecule has 1 fully saturated rings. The zero-order chi connectivity index (χ0) is 15.0. The van der Waals surface area contributed by atoms with Gasteiger partial charge in [0.05, 0.1) is 16.1 Å². The first-order valence-corrected chi connectivity index (χ1v) is 7.82. The smallest absolute Gasteiger partial charge is 0.259 e. The number of halogens is 2. The Morgan fingerprint density at radius 2 is 2.00 bits per heavy atom. The van der Waals surface area contributed by atoms with Gasteiger partial charge >= 0.3 is 0 Å². The maximum atomic E-state index is 6.46. The third-order valence-corrected chi connectivity index (χ3v) is 4.76. The minimum absolute atomic E-state index is 0.362. The van der Waals surface area contributed by atoms with E-state index >= 15 is 0 Å². The van der Waals surface area contributed by atoms with E-state index in [1.165, 1.54) is 0 Å². The first kappa shape index (κ1) is 14.8. The highest BCUT2D eigenvalue weighted by Crippen LogP contribution is 2.37. The Morgan fingerprint density at radius 3 is 2.71 bits per heavy atom. The van der Waals surface area contributed by atoms with Crippen LogP contribution in [-0.2, 0) is 5.54 Å². The predicted octanol–water partition coefficient (Wildman–Crippen LogP) is 4.41. The standard InChI is InChI=1S/C15H17Cl2N3O/c1-9-4-6-15(18,7-5-9)14-19-13(21-20-14)11-8-10(16)2-3-12(11)17/h2-3,8-9H,4-7,18H2,1H3. The van der Waals surface area contributed by atoms with Crippen molar-refractivity contribution in [1.29, 1.82) is 0 Å². The molecule has 1 aromatic heterocycles. The molecule has 0 aliphatic heterocycles. The van der Waals surface area contributed by atoms with Gasteiger partial charge in [0, 0.05) is 5.02 Å². The van der Waals surface area contributed by atoms with Gasteiger partial charge in [0.15, 0.2) is 5.82 Å². The Balaban J connectivity index is 1.91. The highest BCUT2D eigenvalue weighted by atomic mass is 35.5. The summed E-state index contributed by atoms with van der Waals surface area (Å²) in [6.07, 6.45) is 3.91. The molecule has 4 nitrogen and oxygen atoms in total. The molecular weight excluding hydrogens is 309 g/mol. The van der Waals surface area contributed by atoms with Crippen LogP contribution in [0.25, 0.3) is 11.5 Å². The SMILES string of the molecule is CC1CCC(N)(c2noc(-c3cc(Cl)ccc3Cl)n2)CC1. The number of aromatic nitrogens is 2. The first-order chi connectivity index (χ1) is 9.98. The Labute approximate surface area is 133 Å². The van der Waals surface area contributed by atoms with Gasteiger partial charge < -0.3 is 10.3 Å². The van der Waals surface area contributed by atoms with E-state index in [2.05, 4.69) is 17.1 Å². The van der Waals surface area contributed by atoms with E-state index in [1.54, 1.807) is 18.2 Å². The van der Waals surface area contributed by atoms with Crippen LogP contribution in [-0.4, -0.2) is 10.1 Å². The maximum absolute atomic E-state index is 6.46. The fourth-order valence-electron chi connectivity index (χ4n) is 2.70. The minimum atomic E-state index is -0.501.